The fourth-order valence-corrected chi connectivity index (χ4v) is 0.701. The van der Waals surface area contributed by atoms with Crippen molar-refractivity contribution in [1.82, 2.24) is 0 Å². The largest absolute Gasteiger partial charge is 0.466 e. The van der Waals surface area contributed by atoms with Crippen LogP contribution in [0.25, 0.3) is 0 Å². The summed E-state index contributed by atoms with van der Waals surface area (Å²) in [6.07, 6.45) is 5.83. The molecule has 10 heavy (non-hydrogen) atoms. The Bertz CT molecular complexity index is 166. The van der Waals surface area contributed by atoms with Crippen LogP contribution in [0.15, 0.2) is 12.2 Å². The molecule has 1 aliphatic rings. The zero-order valence-corrected chi connectivity index (χ0v) is 6.39. The summed E-state index contributed by atoms with van der Waals surface area (Å²) < 4.78 is 4.45. The third kappa shape index (κ3) is 1.87. The monoisotopic (exact) mass is 140 g/mol. The summed E-state index contributed by atoms with van der Waals surface area (Å²) in [5.74, 6) is -0.256. The van der Waals surface area contributed by atoms with Crippen molar-refractivity contribution in [3.63, 3.8) is 0 Å². The highest BCUT2D eigenvalue weighted by Gasteiger charge is 2.34. The second kappa shape index (κ2) is 2.45. The highest BCUT2D eigenvalue weighted by Crippen LogP contribution is 2.46. The van der Waals surface area contributed by atoms with Crippen molar-refractivity contribution in [3.8, 4) is 0 Å². The van der Waals surface area contributed by atoms with E-state index in [9.17, 15) is 4.79 Å². The zero-order valence-electron chi connectivity index (χ0n) is 6.39. The first-order valence-electron chi connectivity index (χ1n) is 3.43. The quantitative estimate of drug-likeness (QED) is 0.429. The Kier molecular flexibility index (Phi) is 1.79. The van der Waals surface area contributed by atoms with Crippen LogP contribution in [0.1, 0.15) is 19.8 Å². The van der Waals surface area contributed by atoms with Gasteiger partial charge in [0.05, 0.1) is 7.11 Å². The Morgan fingerprint density at radius 1 is 1.60 bits per heavy atom. The average molecular weight is 140 g/mol. The van der Waals surface area contributed by atoms with Crippen molar-refractivity contribution in [2.75, 3.05) is 7.11 Å². The zero-order chi connectivity index (χ0) is 7.61. The summed E-state index contributed by atoms with van der Waals surface area (Å²) in [5.41, 5.74) is 0.300. The topological polar surface area (TPSA) is 26.3 Å². The van der Waals surface area contributed by atoms with Crippen molar-refractivity contribution < 1.29 is 9.53 Å². The van der Waals surface area contributed by atoms with Crippen LogP contribution in [0.5, 0.6) is 0 Å². The maximum absolute atomic E-state index is 10.6. The Morgan fingerprint density at radius 2 is 2.20 bits per heavy atom. The molecule has 2 nitrogen and oxygen atoms in total. The van der Waals surface area contributed by atoms with Crippen molar-refractivity contribution in [2.45, 2.75) is 19.8 Å². The normalized spacial score (nSPS) is 21.0. The van der Waals surface area contributed by atoms with Crippen LogP contribution < -0.4 is 0 Å². The van der Waals surface area contributed by atoms with Crippen LogP contribution in [-0.4, -0.2) is 13.1 Å². The number of carbonyl (C=O) groups is 1. The highest BCUT2D eigenvalue weighted by atomic mass is 16.5. The molecule has 0 unspecified atom stereocenters. The molecule has 0 amide bonds. The molecule has 1 fully saturated rings. The number of carbonyl (C=O) groups excluding carboxylic acids is 1. The first-order valence-corrected chi connectivity index (χ1v) is 3.43. The Labute approximate surface area is 60.9 Å². The number of methoxy groups -OCH3 is 1. The molecule has 1 aliphatic carbocycles. The third-order valence-corrected chi connectivity index (χ3v) is 1.86. The van der Waals surface area contributed by atoms with E-state index >= 15 is 0 Å². The first-order chi connectivity index (χ1) is 4.66. The van der Waals surface area contributed by atoms with Crippen LogP contribution in [0.4, 0.5) is 0 Å². The van der Waals surface area contributed by atoms with Crippen molar-refractivity contribution in [3.05, 3.63) is 12.2 Å². The molecule has 0 aromatic heterocycles. The smallest absolute Gasteiger partial charge is 0.330 e. The van der Waals surface area contributed by atoms with Gasteiger partial charge in [-0.3, -0.25) is 0 Å². The van der Waals surface area contributed by atoms with Gasteiger partial charge in [-0.2, -0.15) is 0 Å². The molecule has 0 heterocycles. The van der Waals surface area contributed by atoms with Gasteiger partial charge >= 0.3 is 5.97 Å². The SMILES string of the molecule is COC(=O)/C=C/C1(C)CC1. The van der Waals surface area contributed by atoms with Crippen molar-refractivity contribution in [2.24, 2.45) is 5.41 Å². The predicted molar refractivity (Wildman–Crippen MR) is 38.5 cm³/mol. The second-order valence-electron chi connectivity index (χ2n) is 3.01. The molecule has 0 N–H and O–H groups in total. The molecule has 0 radical (unpaired) electrons. The standard InChI is InChI=1S/C8H12O2/c1-8(5-6-8)4-3-7(9)10-2/h3-4H,5-6H2,1-2H3/b4-3+. The van der Waals surface area contributed by atoms with Gasteiger partial charge in [-0.25, -0.2) is 4.79 Å². The van der Waals surface area contributed by atoms with Gasteiger partial charge < -0.3 is 4.74 Å². The van der Waals surface area contributed by atoms with Crippen LogP contribution in [0.2, 0.25) is 0 Å². The summed E-state index contributed by atoms with van der Waals surface area (Å²) >= 11 is 0. The van der Waals surface area contributed by atoms with Gasteiger partial charge in [0.2, 0.25) is 0 Å². The third-order valence-electron chi connectivity index (χ3n) is 1.86. The lowest BCUT2D eigenvalue weighted by Crippen LogP contribution is -1.95. The molecule has 1 rings (SSSR count). The molecule has 0 saturated heterocycles. The van der Waals surface area contributed by atoms with Gasteiger partial charge in [-0.05, 0) is 18.3 Å². The molecule has 0 aromatic carbocycles. The van der Waals surface area contributed by atoms with E-state index in [1.165, 1.54) is 26.0 Å². The van der Waals surface area contributed by atoms with E-state index < -0.39 is 0 Å². The number of esters is 1. The van der Waals surface area contributed by atoms with Gasteiger partial charge in [0, 0.05) is 6.08 Å². The summed E-state index contributed by atoms with van der Waals surface area (Å²) in [5, 5.41) is 0. The predicted octanol–water partition coefficient (Wildman–Crippen LogP) is 1.52. The van der Waals surface area contributed by atoms with E-state index in [0.717, 1.165) is 0 Å². The van der Waals surface area contributed by atoms with Crippen molar-refractivity contribution in [1.29, 1.82) is 0 Å². The van der Waals surface area contributed by atoms with E-state index in [1.807, 2.05) is 6.08 Å². The van der Waals surface area contributed by atoms with Crippen LogP contribution in [0, 0.1) is 5.41 Å². The number of hydrogen-bond donors (Lipinski definition) is 0. The van der Waals surface area contributed by atoms with Crippen LogP contribution in [-0.2, 0) is 9.53 Å². The number of ether oxygens (including phenoxy) is 1. The number of allylic oxidation sites excluding steroid dienone is 1. The molecular weight excluding hydrogens is 128 g/mol. The fourth-order valence-electron chi connectivity index (χ4n) is 0.701. The minimum absolute atomic E-state index is 0.256. The lowest BCUT2D eigenvalue weighted by molar-refractivity contribution is -0.134. The molecule has 0 aliphatic heterocycles. The van der Waals surface area contributed by atoms with E-state index in [4.69, 9.17) is 0 Å². The average Bonchev–Trinajstić information content (AvgIpc) is 2.64. The Morgan fingerprint density at radius 3 is 2.60 bits per heavy atom. The molecule has 0 atom stereocenters. The summed E-state index contributed by atoms with van der Waals surface area (Å²) in [6.45, 7) is 2.13. The van der Waals surface area contributed by atoms with E-state index in [2.05, 4.69) is 11.7 Å². The van der Waals surface area contributed by atoms with Crippen LogP contribution >= 0.6 is 0 Å². The van der Waals surface area contributed by atoms with E-state index in [-0.39, 0.29) is 5.97 Å². The van der Waals surface area contributed by atoms with Crippen molar-refractivity contribution >= 4 is 5.97 Å². The molecule has 2 heteroatoms. The maximum atomic E-state index is 10.6. The van der Waals surface area contributed by atoms with Gasteiger partial charge in [-0.15, -0.1) is 0 Å². The van der Waals surface area contributed by atoms with Gasteiger partial charge in [-0.1, -0.05) is 13.0 Å². The van der Waals surface area contributed by atoms with E-state index in [0.29, 0.717) is 5.41 Å². The molecular formula is C8H12O2. The van der Waals surface area contributed by atoms with E-state index in [1.54, 1.807) is 0 Å². The lowest BCUT2D eigenvalue weighted by atomic mass is 10.1. The van der Waals surface area contributed by atoms with Gasteiger partial charge in [0.1, 0.15) is 0 Å². The summed E-state index contributed by atoms with van der Waals surface area (Å²) in [7, 11) is 1.39. The molecule has 1 saturated carbocycles. The fraction of sp³-hybridized carbons (Fsp3) is 0.625. The highest BCUT2D eigenvalue weighted by molar-refractivity contribution is 5.81. The van der Waals surface area contributed by atoms with Crippen LogP contribution in [0.3, 0.4) is 0 Å². The van der Waals surface area contributed by atoms with Gasteiger partial charge in [0.15, 0.2) is 0 Å². The molecule has 0 aromatic rings. The summed E-state index contributed by atoms with van der Waals surface area (Å²) in [4.78, 5) is 10.6. The molecule has 56 valence electrons. The first kappa shape index (κ1) is 7.32. The Balaban J connectivity index is 2.36. The number of rotatable bonds is 2. The van der Waals surface area contributed by atoms with Gasteiger partial charge in [0.25, 0.3) is 0 Å². The molecule has 0 bridgehead atoms. The maximum Gasteiger partial charge on any atom is 0.330 e. The number of hydrogen-bond acceptors (Lipinski definition) is 2. The molecule has 0 spiro atoms. The second-order valence-corrected chi connectivity index (χ2v) is 3.01. The lowest BCUT2D eigenvalue weighted by Gasteiger charge is -1.96. The summed E-state index contributed by atoms with van der Waals surface area (Å²) in [6, 6.07) is 0. The Hall–Kier alpha value is -0.790. The minimum atomic E-state index is -0.256. The minimum Gasteiger partial charge on any atom is -0.466 e.